The standard InChI is InChI=1S/C19H16N6/c1-2-8-14-13(6-1)7-5-11-17(14)21-22-18-15-9-3-4-10-16(15)19-23-20-12-25(19)24-18/h1-4,6,8-10,12H,5,7,11H2,(H,22,24)/b21-17-. The number of hydrazone groups is 1. The average molecular weight is 328 g/mol. The van der Waals surface area contributed by atoms with Crippen molar-refractivity contribution < 1.29 is 0 Å². The summed E-state index contributed by atoms with van der Waals surface area (Å²) in [7, 11) is 0. The molecule has 0 fully saturated rings. The lowest BCUT2D eigenvalue weighted by atomic mass is 9.90. The van der Waals surface area contributed by atoms with E-state index < -0.39 is 0 Å². The van der Waals surface area contributed by atoms with Gasteiger partial charge < -0.3 is 0 Å². The predicted molar refractivity (Wildman–Crippen MR) is 97.8 cm³/mol. The Morgan fingerprint density at radius 1 is 0.960 bits per heavy atom. The first-order valence-electron chi connectivity index (χ1n) is 8.40. The minimum atomic E-state index is 0.707. The third-order valence-corrected chi connectivity index (χ3v) is 4.65. The molecule has 1 aliphatic rings. The lowest BCUT2D eigenvalue weighted by Crippen LogP contribution is -2.13. The van der Waals surface area contributed by atoms with Crippen LogP contribution in [0.1, 0.15) is 24.0 Å². The zero-order valence-corrected chi connectivity index (χ0v) is 13.6. The molecule has 0 spiro atoms. The van der Waals surface area contributed by atoms with Crippen molar-refractivity contribution in [1.29, 1.82) is 0 Å². The zero-order valence-electron chi connectivity index (χ0n) is 13.6. The van der Waals surface area contributed by atoms with Gasteiger partial charge in [0.15, 0.2) is 11.5 Å². The first kappa shape index (κ1) is 14.1. The molecule has 1 aliphatic carbocycles. The third-order valence-electron chi connectivity index (χ3n) is 4.65. The molecule has 5 rings (SSSR count). The molecule has 0 bridgehead atoms. The highest BCUT2D eigenvalue weighted by molar-refractivity contribution is 6.04. The molecule has 0 radical (unpaired) electrons. The number of fused-ring (bicyclic) bond motifs is 4. The summed E-state index contributed by atoms with van der Waals surface area (Å²) < 4.78 is 1.68. The second kappa shape index (κ2) is 5.66. The Morgan fingerprint density at radius 2 is 1.80 bits per heavy atom. The quantitative estimate of drug-likeness (QED) is 0.573. The minimum Gasteiger partial charge on any atom is -0.259 e. The Bertz CT molecular complexity index is 1110. The molecule has 1 N–H and O–H groups in total. The molecule has 4 aromatic rings. The van der Waals surface area contributed by atoms with E-state index in [1.807, 2.05) is 24.3 Å². The normalized spacial score (nSPS) is 15.6. The van der Waals surface area contributed by atoms with E-state index in [1.54, 1.807) is 10.8 Å². The van der Waals surface area contributed by atoms with Gasteiger partial charge in [0.1, 0.15) is 6.33 Å². The molecule has 0 saturated carbocycles. The van der Waals surface area contributed by atoms with Crippen molar-refractivity contribution in [3.63, 3.8) is 0 Å². The first-order valence-corrected chi connectivity index (χ1v) is 8.40. The van der Waals surface area contributed by atoms with Crippen LogP contribution in [0.4, 0.5) is 5.82 Å². The fraction of sp³-hybridized carbons (Fsp3) is 0.158. The molecule has 2 aromatic carbocycles. The van der Waals surface area contributed by atoms with Gasteiger partial charge in [0, 0.05) is 16.3 Å². The van der Waals surface area contributed by atoms with E-state index in [1.165, 1.54) is 11.1 Å². The molecule has 0 unspecified atom stereocenters. The van der Waals surface area contributed by atoms with Crippen LogP contribution in [0, 0.1) is 0 Å². The Kier molecular flexibility index (Phi) is 3.19. The molecular weight excluding hydrogens is 312 g/mol. The van der Waals surface area contributed by atoms with Crippen LogP contribution in [-0.2, 0) is 6.42 Å². The number of nitrogens with zero attached hydrogens (tertiary/aromatic N) is 5. The fourth-order valence-electron chi connectivity index (χ4n) is 3.45. The summed E-state index contributed by atoms with van der Waals surface area (Å²) in [5.74, 6) is 0.707. The molecule has 0 saturated heterocycles. The highest BCUT2D eigenvalue weighted by Gasteiger charge is 2.15. The lowest BCUT2D eigenvalue weighted by molar-refractivity contribution is 0.836. The molecule has 0 amide bonds. The molecule has 2 aromatic heterocycles. The van der Waals surface area contributed by atoms with Gasteiger partial charge in [-0.15, -0.1) is 15.3 Å². The monoisotopic (exact) mass is 328 g/mol. The van der Waals surface area contributed by atoms with E-state index in [0.29, 0.717) is 5.82 Å². The van der Waals surface area contributed by atoms with Gasteiger partial charge in [0.05, 0.1) is 5.71 Å². The van der Waals surface area contributed by atoms with Crippen molar-refractivity contribution in [2.24, 2.45) is 5.10 Å². The maximum atomic E-state index is 4.69. The maximum absolute atomic E-state index is 4.69. The second-order valence-electron chi connectivity index (χ2n) is 6.17. The first-order chi connectivity index (χ1) is 12.4. The second-order valence-corrected chi connectivity index (χ2v) is 6.17. The molecule has 122 valence electrons. The number of aryl methyl sites for hydroxylation is 1. The Labute approximate surface area is 144 Å². The van der Waals surface area contributed by atoms with Crippen LogP contribution in [0.15, 0.2) is 60.0 Å². The summed E-state index contributed by atoms with van der Waals surface area (Å²) >= 11 is 0. The van der Waals surface area contributed by atoms with E-state index in [9.17, 15) is 0 Å². The summed E-state index contributed by atoms with van der Waals surface area (Å²) in [4.78, 5) is 0. The van der Waals surface area contributed by atoms with Crippen LogP contribution in [-0.4, -0.2) is 25.5 Å². The smallest absolute Gasteiger partial charge is 0.185 e. The van der Waals surface area contributed by atoms with Gasteiger partial charge in [-0.05, 0) is 24.8 Å². The average Bonchev–Trinajstić information content (AvgIpc) is 3.15. The van der Waals surface area contributed by atoms with Crippen molar-refractivity contribution in [3.05, 3.63) is 66.0 Å². The summed E-state index contributed by atoms with van der Waals surface area (Å²) in [6, 6.07) is 16.5. The molecule has 2 heterocycles. The fourth-order valence-corrected chi connectivity index (χ4v) is 3.45. The van der Waals surface area contributed by atoms with Crippen molar-refractivity contribution in [2.75, 3.05) is 5.43 Å². The number of anilines is 1. The van der Waals surface area contributed by atoms with Crippen LogP contribution in [0.5, 0.6) is 0 Å². The molecule has 0 aliphatic heterocycles. The Balaban J connectivity index is 1.61. The predicted octanol–water partition coefficient (Wildman–Crippen LogP) is 3.43. The summed E-state index contributed by atoms with van der Waals surface area (Å²) in [6.07, 6.45) is 4.81. The van der Waals surface area contributed by atoms with E-state index >= 15 is 0 Å². The summed E-state index contributed by atoms with van der Waals surface area (Å²) in [5, 5.41) is 19.4. The highest BCUT2D eigenvalue weighted by Crippen LogP contribution is 2.25. The van der Waals surface area contributed by atoms with E-state index in [2.05, 4.69) is 50.1 Å². The zero-order chi connectivity index (χ0) is 16.6. The van der Waals surface area contributed by atoms with Gasteiger partial charge in [-0.25, -0.2) is 0 Å². The molecular formula is C19H16N6. The van der Waals surface area contributed by atoms with Gasteiger partial charge in [-0.3, -0.25) is 5.43 Å². The SMILES string of the molecule is c1ccc2c(c1)CCC/C2=N/Nc1nn2cnnc2c2ccccc12. The van der Waals surface area contributed by atoms with Gasteiger partial charge in [0.2, 0.25) is 0 Å². The number of nitrogens with one attached hydrogen (secondary N) is 1. The molecule has 6 nitrogen and oxygen atoms in total. The van der Waals surface area contributed by atoms with Crippen molar-refractivity contribution >= 4 is 27.9 Å². The van der Waals surface area contributed by atoms with Crippen LogP contribution in [0.2, 0.25) is 0 Å². The van der Waals surface area contributed by atoms with Gasteiger partial charge >= 0.3 is 0 Å². The number of rotatable bonds is 2. The van der Waals surface area contributed by atoms with Crippen molar-refractivity contribution in [2.45, 2.75) is 19.3 Å². The van der Waals surface area contributed by atoms with Crippen LogP contribution >= 0.6 is 0 Å². The van der Waals surface area contributed by atoms with Crippen LogP contribution in [0.25, 0.3) is 16.4 Å². The Morgan fingerprint density at radius 3 is 2.76 bits per heavy atom. The van der Waals surface area contributed by atoms with E-state index in [4.69, 9.17) is 0 Å². The number of benzene rings is 2. The number of aromatic nitrogens is 4. The van der Waals surface area contributed by atoms with Gasteiger partial charge in [-0.1, -0.05) is 48.5 Å². The van der Waals surface area contributed by atoms with Gasteiger partial charge in [-0.2, -0.15) is 9.62 Å². The Hall–Kier alpha value is -3.28. The van der Waals surface area contributed by atoms with Crippen LogP contribution in [0.3, 0.4) is 0 Å². The van der Waals surface area contributed by atoms with Crippen molar-refractivity contribution in [3.8, 4) is 0 Å². The van der Waals surface area contributed by atoms with Crippen molar-refractivity contribution in [1.82, 2.24) is 19.8 Å². The minimum absolute atomic E-state index is 0.707. The largest absolute Gasteiger partial charge is 0.259 e. The molecule has 0 atom stereocenters. The topological polar surface area (TPSA) is 67.5 Å². The van der Waals surface area contributed by atoms with Crippen LogP contribution < -0.4 is 5.43 Å². The maximum Gasteiger partial charge on any atom is 0.185 e. The molecule has 25 heavy (non-hydrogen) atoms. The summed E-state index contributed by atoms with van der Waals surface area (Å²) in [5.41, 5.74) is 7.60. The molecule has 6 heteroatoms. The van der Waals surface area contributed by atoms with E-state index in [0.717, 1.165) is 41.4 Å². The number of hydrogen-bond donors (Lipinski definition) is 1. The number of hydrogen-bond acceptors (Lipinski definition) is 5. The van der Waals surface area contributed by atoms with Gasteiger partial charge in [0.25, 0.3) is 0 Å². The summed E-state index contributed by atoms with van der Waals surface area (Å²) in [6.45, 7) is 0. The lowest BCUT2D eigenvalue weighted by Gasteiger charge is -2.17. The highest BCUT2D eigenvalue weighted by atomic mass is 15.4. The van der Waals surface area contributed by atoms with E-state index in [-0.39, 0.29) is 0 Å². The third kappa shape index (κ3) is 2.34.